The molecule has 96 valence electrons. The molecular weight excluding hydrogens is 228 g/mol. The summed E-state index contributed by atoms with van der Waals surface area (Å²) in [6, 6.07) is 8.30. The van der Waals surface area contributed by atoms with Crippen LogP contribution in [-0.2, 0) is 14.3 Å². The fraction of sp³-hybridized carbons (Fsp3) is 0.400. The van der Waals surface area contributed by atoms with Crippen molar-refractivity contribution >= 4 is 5.97 Å². The minimum Gasteiger partial charge on any atom is -0.490 e. The Hall–Kier alpha value is -1.77. The maximum atomic E-state index is 11.3. The van der Waals surface area contributed by atoms with Crippen molar-refractivity contribution in [2.24, 2.45) is 0 Å². The van der Waals surface area contributed by atoms with Crippen molar-refractivity contribution in [3.8, 4) is 0 Å². The minimum absolute atomic E-state index is 0.0614. The fourth-order valence-electron chi connectivity index (χ4n) is 2.01. The zero-order valence-corrected chi connectivity index (χ0v) is 10.8. The zero-order chi connectivity index (χ0) is 13.0. The number of carbonyl (C=O) groups is 1. The minimum atomic E-state index is -0.322. The van der Waals surface area contributed by atoms with E-state index in [0.29, 0.717) is 6.61 Å². The van der Waals surface area contributed by atoms with E-state index >= 15 is 0 Å². The summed E-state index contributed by atoms with van der Waals surface area (Å²) in [4.78, 5) is 11.3. The van der Waals surface area contributed by atoms with Gasteiger partial charge in [-0.3, -0.25) is 0 Å². The molecular formula is C15H18O3. The molecule has 1 aliphatic heterocycles. The molecule has 1 fully saturated rings. The Kier molecular flexibility index (Phi) is 4.03. The molecule has 1 aromatic carbocycles. The second-order valence-corrected chi connectivity index (χ2v) is 4.42. The highest BCUT2D eigenvalue weighted by molar-refractivity contribution is 5.82. The average molecular weight is 246 g/mol. The molecule has 0 aliphatic carbocycles. The van der Waals surface area contributed by atoms with Crippen molar-refractivity contribution in [1.82, 2.24) is 0 Å². The number of ether oxygens (including phenoxy) is 2. The SMILES string of the molecule is CCOC(=O)/C=C1\CCC(c2ccc(C)cc2)O1. The monoisotopic (exact) mass is 246 g/mol. The van der Waals surface area contributed by atoms with Gasteiger partial charge in [-0.05, 0) is 25.8 Å². The van der Waals surface area contributed by atoms with E-state index < -0.39 is 0 Å². The molecule has 1 aromatic rings. The van der Waals surface area contributed by atoms with Gasteiger partial charge < -0.3 is 9.47 Å². The van der Waals surface area contributed by atoms with Crippen LogP contribution in [0, 0.1) is 6.92 Å². The highest BCUT2D eigenvalue weighted by Gasteiger charge is 2.22. The van der Waals surface area contributed by atoms with Crippen molar-refractivity contribution < 1.29 is 14.3 Å². The first-order valence-corrected chi connectivity index (χ1v) is 6.29. The third-order valence-corrected chi connectivity index (χ3v) is 2.96. The van der Waals surface area contributed by atoms with E-state index in [1.54, 1.807) is 6.92 Å². The first-order valence-electron chi connectivity index (χ1n) is 6.29. The summed E-state index contributed by atoms with van der Waals surface area (Å²) in [6.07, 6.45) is 3.22. The molecule has 1 unspecified atom stereocenters. The Balaban J connectivity index is 2.00. The summed E-state index contributed by atoms with van der Waals surface area (Å²) in [5.74, 6) is 0.399. The summed E-state index contributed by atoms with van der Waals surface area (Å²) < 4.78 is 10.6. The number of carbonyl (C=O) groups excluding carboxylic acids is 1. The van der Waals surface area contributed by atoms with Crippen LogP contribution in [0.25, 0.3) is 0 Å². The Bertz CT molecular complexity index is 445. The summed E-state index contributed by atoms with van der Waals surface area (Å²) in [5, 5.41) is 0. The number of allylic oxidation sites excluding steroid dienone is 1. The van der Waals surface area contributed by atoms with Crippen molar-refractivity contribution in [2.45, 2.75) is 32.8 Å². The highest BCUT2D eigenvalue weighted by atomic mass is 16.5. The number of hydrogen-bond donors (Lipinski definition) is 0. The molecule has 0 amide bonds. The molecule has 3 heteroatoms. The van der Waals surface area contributed by atoms with Crippen LogP contribution in [0.3, 0.4) is 0 Å². The smallest absolute Gasteiger partial charge is 0.334 e. The Morgan fingerprint density at radius 1 is 1.44 bits per heavy atom. The third-order valence-electron chi connectivity index (χ3n) is 2.96. The standard InChI is InChI=1S/C15H18O3/c1-3-17-15(16)10-13-8-9-14(18-13)12-6-4-11(2)5-7-12/h4-7,10,14H,3,8-9H2,1-2H3/b13-10+. The second kappa shape index (κ2) is 5.71. The van der Waals surface area contributed by atoms with Gasteiger partial charge in [0.25, 0.3) is 0 Å². The third kappa shape index (κ3) is 3.13. The number of aryl methyl sites for hydroxylation is 1. The molecule has 1 heterocycles. The number of benzene rings is 1. The van der Waals surface area contributed by atoms with Crippen molar-refractivity contribution in [1.29, 1.82) is 0 Å². The van der Waals surface area contributed by atoms with E-state index in [-0.39, 0.29) is 12.1 Å². The molecule has 1 aliphatic rings. The normalized spacial score (nSPS) is 20.8. The lowest BCUT2D eigenvalue weighted by Crippen LogP contribution is -2.01. The molecule has 0 aromatic heterocycles. The van der Waals surface area contributed by atoms with Gasteiger partial charge in [-0.15, -0.1) is 0 Å². The molecule has 3 nitrogen and oxygen atoms in total. The van der Waals surface area contributed by atoms with Gasteiger partial charge in [-0.25, -0.2) is 4.79 Å². The first kappa shape index (κ1) is 12.7. The summed E-state index contributed by atoms with van der Waals surface area (Å²) in [7, 11) is 0. The van der Waals surface area contributed by atoms with Crippen LogP contribution in [0.5, 0.6) is 0 Å². The van der Waals surface area contributed by atoms with E-state index in [2.05, 4.69) is 31.2 Å². The molecule has 1 atom stereocenters. The van der Waals surface area contributed by atoms with Gasteiger partial charge in [0.1, 0.15) is 11.9 Å². The molecule has 2 rings (SSSR count). The summed E-state index contributed by atoms with van der Waals surface area (Å²) >= 11 is 0. The zero-order valence-electron chi connectivity index (χ0n) is 10.8. The molecule has 0 bridgehead atoms. The molecule has 0 spiro atoms. The Morgan fingerprint density at radius 3 is 2.83 bits per heavy atom. The lowest BCUT2D eigenvalue weighted by Gasteiger charge is -2.11. The van der Waals surface area contributed by atoms with Crippen LogP contribution in [0.4, 0.5) is 0 Å². The van der Waals surface area contributed by atoms with Gasteiger partial charge in [0.15, 0.2) is 0 Å². The number of hydrogen-bond acceptors (Lipinski definition) is 3. The van der Waals surface area contributed by atoms with Gasteiger partial charge in [0.05, 0.1) is 12.7 Å². The predicted molar refractivity (Wildman–Crippen MR) is 69.0 cm³/mol. The number of rotatable bonds is 3. The molecule has 0 N–H and O–H groups in total. The van der Waals surface area contributed by atoms with E-state index in [9.17, 15) is 4.79 Å². The van der Waals surface area contributed by atoms with Crippen molar-refractivity contribution in [2.75, 3.05) is 6.61 Å². The molecule has 18 heavy (non-hydrogen) atoms. The van der Waals surface area contributed by atoms with Gasteiger partial charge in [0, 0.05) is 6.42 Å². The van der Waals surface area contributed by atoms with E-state index in [0.717, 1.165) is 24.2 Å². The fourth-order valence-corrected chi connectivity index (χ4v) is 2.01. The Labute approximate surface area is 107 Å². The predicted octanol–water partition coefficient (Wildman–Crippen LogP) is 3.29. The van der Waals surface area contributed by atoms with Crippen LogP contribution in [-0.4, -0.2) is 12.6 Å². The van der Waals surface area contributed by atoms with Crippen LogP contribution < -0.4 is 0 Å². The number of esters is 1. The average Bonchev–Trinajstić information content (AvgIpc) is 2.78. The maximum absolute atomic E-state index is 11.3. The highest BCUT2D eigenvalue weighted by Crippen LogP contribution is 2.34. The van der Waals surface area contributed by atoms with Gasteiger partial charge in [-0.1, -0.05) is 29.8 Å². The van der Waals surface area contributed by atoms with Gasteiger partial charge in [-0.2, -0.15) is 0 Å². The van der Waals surface area contributed by atoms with Gasteiger partial charge in [0.2, 0.25) is 0 Å². The van der Waals surface area contributed by atoms with Crippen molar-refractivity contribution in [3.05, 3.63) is 47.2 Å². The lowest BCUT2D eigenvalue weighted by atomic mass is 10.1. The van der Waals surface area contributed by atoms with Gasteiger partial charge >= 0.3 is 5.97 Å². The quantitative estimate of drug-likeness (QED) is 0.606. The topological polar surface area (TPSA) is 35.5 Å². The van der Waals surface area contributed by atoms with E-state index in [1.165, 1.54) is 11.6 Å². The second-order valence-electron chi connectivity index (χ2n) is 4.42. The molecule has 1 saturated heterocycles. The molecule has 0 radical (unpaired) electrons. The summed E-state index contributed by atoms with van der Waals surface area (Å²) in [5.41, 5.74) is 2.40. The largest absolute Gasteiger partial charge is 0.490 e. The van der Waals surface area contributed by atoms with E-state index in [4.69, 9.17) is 9.47 Å². The van der Waals surface area contributed by atoms with Crippen LogP contribution in [0.2, 0.25) is 0 Å². The van der Waals surface area contributed by atoms with Crippen LogP contribution >= 0.6 is 0 Å². The van der Waals surface area contributed by atoms with Crippen molar-refractivity contribution in [3.63, 3.8) is 0 Å². The maximum Gasteiger partial charge on any atom is 0.334 e. The van der Waals surface area contributed by atoms with Crippen LogP contribution in [0.15, 0.2) is 36.1 Å². The lowest BCUT2D eigenvalue weighted by molar-refractivity contribution is -0.137. The van der Waals surface area contributed by atoms with E-state index in [1.807, 2.05) is 0 Å². The summed E-state index contributed by atoms with van der Waals surface area (Å²) in [6.45, 7) is 4.25. The molecule has 0 saturated carbocycles. The first-order chi connectivity index (χ1) is 8.69. The Morgan fingerprint density at radius 2 is 2.17 bits per heavy atom. The van der Waals surface area contributed by atoms with Crippen LogP contribution in [0.1, 0.15) is 37.0 Å².